The molecule has 0 aliphatic carbocycles. The van der Waals surface area contributed by atoms with E-state index in [1.54, 1.807) is 31.2 Å². The maximum absolute atomic E-state index is 11.5. The number of carbonyl (C=O) groups excluding carboxylic acids is 1. The van der Waals surface area contributed by atoms with Crippen molar-refractivity contribution in [2.24, 2.45) is 0 Å². The molecule has 0 spiro atoms. The van der Waals surface area contributed by atoms with Crippen LogP contribution in [-0.2, 0) is 4.74 Å². The Balaban J connectivity index is 2.33. The lowest BCUT2D eigenvalue weighted by molar-refractivity contribution is 0.0594. The number of hydrogen-bond donors (Lipinski definition) is 1. The van der Waals surface area contributed by atoms with Gasteiger partial charge in [0.05, 0.1) is 17.8 Å². The van der Waals surface area contributed by atoms with Gasteiger partial charge in [-0.3, -0.25) is 0 Å². The van der Waals surface area contributed by atoms with E-state index in [2.05, 4.69) is 20.0 Å². The highest BCUT2D eigenvalue weighted by molar-refractivity contribution is 6.36. The third-order valence-corrected chi connectivity index (χ3v) is 2.97. The average molecular weight is 312 g/mol. The summed E-state index contributed by atoms with van der Waals surface area (Å²) in [6.45, 7) is 1.75. The van der Waals surface area contributed by atoms with E-state index in [0.29, 0.717) is 21.4 Å². The van der Waals surface area contributed by atoms with Gasteiger partial charge in [-0.2, -0.15) is 0 Å². The molecule has 0 saturated heterocycles. The minimum absolute atomic E-state index is 0.174. The van der Waals surface area contributed by atoms with Gasteiger partial charge in [0, 0.05) is 10.7 Å². The van der Waals surface area contributed by atoms with Crippen LogP contribution in [0.4, 0.5) is 11.6 Å². The summed E-state index contributed by atoms with van der Waals surface area (Å²) < 4.78 is 4.64. The van der Waals surface area contributed by atoms with Crippen molar-refractivity contribution in [1.82, 2.24) is 9.97 Å². The summed E-state index contributed by atoms with van der Waals surface area (Å²) in [5.41, 5.74) is 1.40. The number of nitrogens with one attached hydrogen (secondary N) is 1. The Morgan fingerprint density at radius 1 is 1.25 bits per heavy atom. The zero-order valence-electron chi connectivity index (χ0n) is 10.8. The van der Waals surface area contributed by atoms with Crippen molar-refractivity contribution in [2.45, 2.75) is 6.92 Å². The standard InChI is InChI=1S/C13H11Cl2N3O2/c1-7-5-11(12(19)20-2)18-13(16-7)17-10-4-3-8(14)6-9(10)15/h3-6H,1-2H3,(H,16,17,18). The lowest BCUT2D eigenvalue weighted by atomic mass is 10.3. The molecule has 1 N–H and O–H groups in total. The second-order valence-electron chi connectivity index (χ2n) is 3.96. The maximum Gasteiger partial charge on any atom is 0.356 e. The molecule has 2 rings (SSSR count). The van der Waals surface area contributed by atoms with Gasteiger partial charge < -0.3 is 10.1 Å². The van der Waals surface area contributed by atoms with Gasteiger partial charge in [0.15, 0.2) is 5.69 Å². The minimum atomic E-state index is -0.527. The first-order valence-corrected chi connectivity index (χ1v) is 6.41. The molecule has 0 unspecified atom stereocenters. The van der Waals surface area contributed by atoms with E-state index in [0.717, 1.165) is 0 Å². The van der Waals surface area contributed by atoms with E-state index in [-0.39, 0.29) is 11.6 Å². The number of ether oxygens (including phenoxy) is 1. The monoisotopic (exact) mass is 311 g/mol. The topological polar surface area (TPSA) is 64.1 Å². The maximum atomic E-state index is 11.5. The smallest absolute Gasteiger partial charge is 0.356 e. The first-order valence-electron chi connectivity index (χ1n) is 5.65. The first-order chi connectivity index (χ1) is 9.49. The third kappa shape index (κ3) is 3.37. The zero-order valence-corrected chi connectivity index (χ0v) is 12.3. The molecular weight excluding hydrogens is 301 g/mol. The van der Waals surface area contributed by atoms with Crippen molar-refractivity contribution >= 4 is 40.8 Å². The van der Waals surface area contributed by atoms with Crippen LogP contribution >= 0.6 is 23.2 Å². The summed E-state index contributed by atoms with van der Waals surface area (Å²) >= 11 is 11.9. The number of hydrogen-bond acceptors (Lipinski definition) is 5. The molecule has 2 aromatic rings. The summed E-state index contributed by atoms with van der Waals surface area (Å²) in [6, 6.07) is 6.53. The van der Waals surface area contributed by atoms with Gasteiger partial charge in [0.1, 0.15) is 0 Å². The summed E-state index contributed by atoms with van der Waals surface area (Å²) in [5.74, 6) is -0.268. The number of methoxy groups -OCH3 is 1. The third-order valence-electron chi connectivity index (χ3n) is 2.43. The summed E-state index contributed by atoms with van der Waals surface area (Å²) in [4.78, 5) is 19.8. The van der Waals surface area contributed by atoms with Crippen molar-refractivity contribution in [3.8, 4) is 0 Å². The van der Waals surface area contributed by atoms with Crippen LogP contribution in [0.1, 0.15) is 16.2 Å². The molecule has 0 amide bonds. The van der Waals surface area contributed by atoms with E-state index in [9.17, 15) is 4.79 Å². The summed E-state index contributed by atoms with van der Waals surface area (Å²) in [7, 11) is 1.29. The van der Waals surface area contributed by atoms with E-state index in [1.165, 1.54) is 7.11 Å². The molecule has 0 aliphatic heterocycles. The molecule has 1 aromatic heterocycles. The Morgan fingerprint density at radius 3 is 2.65 bits per heavy atom. The highest BCUT2D eigenvalue weighted by atomic mass is 35.5. The lowest BCUT2D eigenvalue weighted by Crippen LogP contribution is -2.08. The largest absolute Gasteiger partial charge is 0.464 e. The molecule has 1 aromatic carbocycles. The van der Waals surface area contributed by atoms with Crippen molar-refractivity contribution in [2.75, 3.05) is 12.4 Å². The van der Waals surface area contributed by atoms with Crippen molar-refractivity contribution in [3.63, 3.8) is 0 Å². The second-order valence-corrected chi connectivity index (χ2v) is 4.80. The normalized spacial score (nSPS) is 10.2. The fourth-order valence-corrected chi connectivity index (χ4v) is 2.00. The van der Waals surface area contributed by atoms with Crippen LogP contribution in [0.5, 0.6) is 0 Å². The van der Waals surface area contributed by atoms with Crippen LogP contribution < -0.4 is 5.32 Å². The predicted molar refractivity (Wildman–Crippen MR) is 77.9 cm³/mol. The molecule has 20 heavy (non-hydrogen) atoms. The van der Waals surface area contributed by atoms with Gasteiger partial charge in [0.25, 0.3) is 0 Å². The quantitative estimate of drug-likeness (QED) is 0.877. The summed E-state index contributed by atoms with van der Waals surface area (Å²) in [6.07, 6.45) is 0. The molecule has 0 bridgehead atoms. The van der Waals surface area contributed by atoms with Gasteiger partial charge in [0.2, 0.25) is 5.95 Å². The van der Waals surface area contributed by atoms with Crippen molar-refractivity contribution < 1.29 is 9.53 Å². The number of anilines is 2. The van der Waals surface area contributed by atoms with Gasteiger partial charge in [-0.15, -0.1) is 0 Å². The fraction of sp³-hybridized carbons (Fsp3) is 0.154. The highest BCUT2D eigenvalue weighted by Crippen LogP contribution is 2.27. The number of nitrogens with zero attached hydrogens (tertiary/aromatic N) is 2. The molecule has 0 saturated carbocycles. The Hall–Kier alpha value is -1.85. The number of carbonyl (C=O) groups is 1. The van der Waals surface area contributed by atoms with Crippen LogP contribution in [-0.4, -0.2) is 23.0 Å². The van der Waals surface area contributed by atoms with Gasteiger partial charge in [-0.1, -0.05) is 23.2 Å². The minimum Gasteiger partial charge on any atom is -0.464 e. The fourth-order valence-electron chi connectivity index (χ4n) is 1.54. The first kappa shape index (κ1) is 14.6. The molecule has 0 atom stereocenters. The molecule has 104 valence electrons. The Labute approximate surface area is 125 Å². The van der Waals surface area contributed by atoms with Crippen molar-refractivity contribution in [1.29, 1.82) is 0 Å². The molecular formula is C13H11Cl2N3O2. The number of esters is 1. The Morgan fingerprint density at radius 2 is 2.00 bits per heavy atom. The van der Waals surface area contributed by atoms with E-state index in [1.807, 2.05) is 0 Å². The van der Waals surface area contributed by atoms with Crippen LogP contribution in [0.3, 0.4) is 0 Å². The Bertz CT molecular complexity index is 662. The molecule has 7 heteroatoms. The van der Waals surface area contributed by atoms with Crippen LogP contribution in [0.15, 0.2) is 24.3 Å². The molecule has 0 radical (unpaired) electrons. The number of halogens is 2. The number of aryl methyl sites for hydroxylation is 1. The van der Waals surface area contributed by atoms with E-state index in [4.69, 9.17) is 23.2 Å². The van der Waals surface area contributed by atoms with E-state index >= 15 is 0 Å². The van der Waals surface area contributed by atoms with Crippen LogP contribution in [0, 0.1) is 6.92 Å². The number of rotatable bonds is 3. The summed E-state index contributed by atoms with van der Waals surface area (Å²) in [5, 5.41) is 3.90. The number of benzene rings is 1. The zero-order chi connectivity index (χ0) is 14.7. The van der Waals surface area contributed by atoms with Crippen molar-refractivity contribution in [3.05, 3.63) is 45.7 Å². The molecule has 0 aliphatic rings. The predicted octanol–water partition coefficient (Wildman–Crippen LogP) is 3.62. The lowest BCUT2D eigenvalue weighted by Gasteiger charge is -2.09. The SMILES string of the molecule is COC(=O)c1cc(C)nc(Nc2ccc(Cl)cc2Cl)n1. The average Bonchev–Trinajstić information content (AvgIpc) is 2.40. The van der Waals surface area contributed by atoms with Gasteiger partial charge in [-0.05, 0) is 31.2 Å². The van der Waals surface area contributed by atoms with Gasteiger partial charge >= 0.3 is 5.97 Å². The number of aromatic nitrogens is 2. The molecule has 0 fully saturated rings. The second kappa shape index (κ2) is 6.07. The van der Waals surface area contributed by atoms with Crippen LogP contribution in [0.25, 0.3) is 0 Å². The van der Waals surface area contributed by atoms with Crippen LogP contribution in [0.2, 0.25) is 10.0 Å². The molecule has 1 heterocycles. The Kier molecular flexibility index (Phi) is 4.42. The highest BCUT2D eigenvalue weighted by Gasteiger charge is 2.11. The van der Waals surface area contributed by atoms with E-state index < -0.39 is 5.97 Å². The molecule has 5 nitrogen and oxygen atoms in total. The van der Waals surface area contributed by atoms with Gasteiger partial charge in [-0.25, -0.2) is 14.8 Å².